The van der Waals surface area contributed by atoms with Gasteiger partial charge in [-0.15, -0.1) is 11.3 Å². The third-order valence-corrected chi connectivity index (χ3v) is 3.61. The van der Waals surface area contributed by atoms with Gasteiger partial charge in [-0.1, -0.05) is 40.2 Å². The van der Waals surface area contributed by atoms with E-state index in [0.29, 0.717) is 11.8 Å². The number of hydrogen-bond donors (Lipinski definition) is 1. The minimum absolute atomic E-state index is 0.0332. The number of hydrogen-bond acceptors (Lipinski definition) is 2. The Labute approximate surface area is 113 Å². The van der Waals surface area contributed by atoms with E-state index in [-0.39, 0.29) is 5.91 Å². The first kappa shape index (κ1) is 12.3. The molecule has 0 fully saturated rings. The van der Waals surface area contributed by atoms with Crippen LogP contribution in [0.3, 0.4) is 0 Å². The molecule has 17 heavy (non-hydrogen) atoms. The summed E-state index contributed by atoms with van der Waals surface area (Å²) in [6.07, 6.45) is 0.485. The molecule has 2 rings (SSSR count). The van der Waals surface area contributed by atoms with Gasteiger partial charge < -0.3 is 5.32 Å². The number of anilines is 1. The molecule has 1 heterocycles. The third-order valence-electron chi connectivity index (χ3n) is 2.31. The quantitative estimate of drug-likeness (QED) is 0.845. The number of rotatable bonds is 4. The van der Waals surface area contributed by atoms with Gasteiger partial charge in [0.2, 0.25) is 5.91 Å². The Kier molecular flexibility index (Phi) is 4.34. The van der Waals surface area contributed by atoms with Crippen molar-refractivity contribution in [1.29, 1.82) is 0 Å². The lowest BCUT2D eigenvalue weighted by Crippen LogP contribution is -2.12. The van der Waals surface area contributed by atoms with Gasteiger partial charge >= 0.3 is 0 Å². The Morgan fingerprint density at radius 3 is 2.76 bits per heavy atom. The van der Waals surface area contributed by atoms with E-state index < -0.39 is 0 Å². The molecule has 0 atom stereocenters. The summed E-state index contributed by atoms with van der Waals surface area (Å²) in [5.41, 5.74) is 1.95. The number of halogens is 1. The predicted molar refractivity (Wildman–Crippen MR) is 76.8 cm³/mol. The molecule has 2 aromatic rings. The normalized spacial score (nSPS) is 10.2. The molecule has 1 amide bonds. The smallest absolute Gasteiger partial charge is 0.225 e. The number of para-hydroxylation sites is 1. The molecule has 0 radical (unpaired) electrons. The molecule has 0 bridgehead atoms. The van der Waals surface area contributed by atoms with Crippen LogP contribution in [-0.2, 0) is 4.79 Å². The van der Waals surface area contributed by atoms with E-state index in [1.807, 2.05) is 35.7 Å². The highest BCUT2D eigenvalue weighted by Gasteiger charge is 2.07. The van der Waals surface area contributed by atoms with Crippen molar-refractivity contribution in [3.63, 3.8) is 0 Å². The van der Waals surface area contributed by atoms with Gasteiger partial charge in [0.1, 0.15) is 0 Å². The molecule has 0 unspecified atom stereocenters. The van der Waals surface area contributed by atoms with Crippen molar-refractivity contribution in [3.8, 4) is 10.4 Å². The highest BCUT2D eigenvalue weighted by molar-refractivity contribution is 9.09. The SMILES string of the molecule is O=C(CCBr)Nc1ccccc1-c1cccs1. The molecule has 0 saturated heterocycles. The molecule has 0 spiro atoms. The van der Waals surface area contributed by atoms with Crippen LogP contribution in [0.4, 0.5) is 5.69 Å². The number of carbonyl (C=O) groups excluding carboxylic acids is 1. The van der Waals surface area contributed by atoms with E-state index in [2.05, 4.69) is 27.3 Å². The minimum atomic E-state index is 0.0332. The van der Waals surface area contributed by atoms with E-state index in [1.54, 1.807) is 11.3 Å². The Morgan fingerprint density at radius 1 is 1.24 bits per heavy atom. The summed E-state index contributed by atoms with van der Waals surface area (Å²) in [5, 5.41) is 5.65. The zero-order valence-corrected chi connectivity index (χ0v) is 11.6. The van der Waals surface area contributed by atoms with E-state index in [1.165, 1.54) is 4.88 Å². The van der Waals surface area contributed by atoms with Crippen molar-refractivity contribution in [2.45, 2.75) is 6.42 Å². The fraction of sp³-hybridized carbons (Fsp3) is 0.154. The summed E-state index contributed by atoms with van der Waals surface area (Å²) in [4.78, 5) is 12.8. The third kappa shape index (κ3) is 3.17. The molecule has 1 aromatic carbocycles. The number of thiophene rings is 1. The van der Waals surface area contributed by atoms with Crippen molar-refractivity contribution in [3.05, 3.63) is 41.8 Å². The van der Waals surface area contributed by atoms with E-state index in [9.17, 15) is 4.79 Å². The lowest BCUT2D eigenvalue weighted by Gasteiger charge is -2.09. The summed E-state index contributed by atoms with van der Waals surface area (Å²) in [7, 11) is 0. The van der Waals surface area contributed by atoms with Gasteiger partial charge in [-0.25, -0.2) is 0 Å². The summed E-state index contributed by atoms with van der Waals surface area (Å²) >= 11 is 4.93. The average molecular weight is 310 g/mol. The maximum Gasteiger partial charge on any atom is 0.225 e. The van der Waals surface area contributed by atoms with Gasteiger partial charge in [-0.05, 0) is 17.5 Å². The zero-order chi connectivity index (χ0) is 12.1. The topological polar surface area (TPSA) is 29.1 Å². The average Bonchev–Trinajstić information content (AvgIpc) is 2.83. The van der Waals surface area contributed by atoms with Gasteiger partial charge in [-0.2, -0.15) is 0 Å². The highest BCUT2D eigenvalue weighted by Crippen LogP contribution is 2.31. The van der Waals surface area contributed by atoms with Gasteiger partial charge in [0.15, 0.2) is 0 Å². The largest absolute Gasteiger partial charge is 0.325 e. The molecule has 1 aromatic heterocycles. The molecule has 1 N–H and O–H groups in total. The lowest BCUT2D eigenvalue weighted by atomic mass is 10.1. The number of nitrogens with one attached hydrogen (secondary N) is 1. The maximum absolute atomic E-state index is 11.6. The van der Waals surface area contributed by atoms with Crippen molar-refractivity contribution in [1.82, 2.24) is 0 Å². The standard InChI is InChI=1S/C13H12BrNOS/c14-8-7-13(16)15-11-5-2-1-4-10(11)12-6-3-9-17-12/h1-6,9H,7-8H2,(H,15,16). The van der Waals surface area contributed by atoms with Crippen molar-refractivity contribution >= 4 is 38.9 Å². The first-order chi connectivity index (χ1) is 8.31. The van der Waals surface area contributed by atoms with E-state index >= 15 is 0 Å². The van der Waals surface area contributed by atoms with E-state index in [0.717, 1.165) is 11.3 Å². The van der Waals surface area contributed by atoms with Crippen LogP contribution in [0.5, 0.6) is 0 Å². The Hall–Kier alpha value is -1.13. The van der Waals surface area contributed by atoms with Gasteiger partial charge in [0, 0.05) is 27.9 Å². The van der Waals surface area contributed by atoms with Crippen LogP contribution in [0.2, 0.25) is 0 Å². The molecule has 0 saturated carbocycles. The number of carbonyl (C=O) groups is 1. The number of amides is 1. The van der Waals surface area contributed by atoms with Crippen LogP contribution >= 0.6 is 27.3 Å². The van der Waals surface area contributed by atoms with Crippen LogP contribution in [0.1, 0.15) is 6.42 Å². The first-order valence-electron chi connectivity index (χ1n) is 5.30. The molecule has 0 aliphatic rings. The fourth-order valence-corrected chi connectivity index (χ4v) is 2.66. The summed E-state index contributed by atoms with van der Waals surface area (Å²) in [5.74, 6) is 0.0332. The fourth-order valence-electron chi connectivity index (χ4n) is 1.54. The van der Waals surface area contributed by atoms with E-state index in [4.69, 9.17) is 0 Å². The van der Waals surface area contributed by atoms with Crippen LogP contribution in [-0.4, -0.2) is 11.2 Å². The van der Waals surface area contributed by atoms with Crippen LogP contribution < -0.4 is 5.32 Å². The second kappa shape index (κ2) is 5.98. The Morgan fingerprint density at radius 2 is 2.06 bits per heavy atom. The van der Waals surface area contributed by atoms with Gasteiger partial charge in [-0.3, -0.25) is 4.79 Å². The highest BCUT2D eigenvalue weighted by atomic mass is 79.9. The molecular formula is C13H12BrNOS. The number of benzene rings is 1. The molecular weight excluding hydrogens is 298 g/mol. The van der Waals surface area contributed by atoms with Crippen LogP contribution in [0.15, 0.2) is 41.8 Å². The van der Waals surface area contributed by atoms with Gasteiger partial charge in [0.25, 0.3) is 0 Å². The predicted octanol–water partition coefficient (Wildman–Crippen LogP) is 4.14. The monoisotopic (exact) mass is 309 g/mol. The first-order valence-corrected chi connectivity index (χ1v) is 7.30. The summed E-state index contributed by atoms with van der Waals surface area (Å²) < 4.78 is 0. The molecule has 2 nitrogen and oxygen atoms in total. The lowest BCUT2D eigenvalue weighted by molar-refractivity contribution is -0.115. The van der Waals surface area contributed by atoms with Crippen LogP contribution in [0, 0.1) is 0 Å². The van der Waals surface area contributed by atoms with Crippen molar-refractivity contribution in [2.75, 3.05) is 10.6 Å². The summed E-state index contributed by atoms with van der Waals surface area (Å²) in [6.45, 7) is 0. The molecule has 0 aliphatic heterocycles. The Bertz CT molecular complexity index is 496. The zero-order valence-electron chi connectivity index (χ0n) is 9.15. The maximum atomic E-state index is 11.6. The minimum Gasteiger partial charge on any atom is -0.325 e. The second-order valence-corrected chi connectivity index (χ2v) is 5.25. The van der Waals surface area contributed by atoms with Crippen molar-refractivity contribution in [2.24, 2.45) is 0 Å². The second-order valence-electron chi connectivity index (χ2n) is 3.51. The van der Waals surface area contributed by atoms with Crippen molar-refractivity contribution < 1.29 is 4.79 Å². The number of alkyl halides is 1. The Balaban J connectivity index is 2.25. The summed E-state index contributed by atoms with van der Waals surface area (Å²) in [6, 6.07) is 11.9. The van der Waals surface area contributed by atoms with Crippen LogP contribution in [0.25, 0.3) is 10.4 Å². The van der Waals surface area contributed by atoms with Gasteiger partial charge in [0.05, 0.1) is 0 Å². The molecule has 88 valence electrons. The molecule has 4 heteroatoms. The molecule has 0 aliphatic carbocycles.